The highest BCUT2D eigenvalue weighted by molar-refractivity contribution is 5.19. The van der Waals surface area contributed by atoms with Crippen molar-refractivity contribution in [2.24, 2.45) is 5.92 Å². The second kappa shape index (κ2) is 6.73. The molecule has 0 spiro atoms. The van der Waals surface area contributed by atoms with E-state index in [-0.39, 0.29) is 0 Å². The Morgan fingerprint density at radius 3 is 2.80 bits per heavy atom. The third-order valence-corrected chi connectivity index (χ3v) is 5.11. The zero-order valence-electron chi connectivity index (χ0n) is 12.7. The smallest absolute Gasteiger partial charge is 0.0108 e. The summed E-state index contributed by atoms with van der Waals surface area (Å²) in [5.74, 6) is 1.53. The predicted molar refractivity (Wildman–Crippen MR) is 85.0 cm³/mol. The minimum atomic E-state index is 0.645. The van der Waals surface area contributed by atoms with Crippen molar-refractivity contribution in [3.63, 3.8) is 0 Å². The molecule has 0 amide bonds. The number of hydrogen-bond donors (Lipinski definition) is 1. The minimum absolute atomic E-state index is 0.645. The minimum Gasteiger partial charge on any atom is -0.314 e. The van der Waals surface area contributed by atoms with Gasteiger partial charge in [-0.1, -0.05) is 37.3 Å². The Hall–Kier alpha value is -0.860. The molecule has 110 valence electrons. The molecule has 3 unspecified atom stereocenters. The molecule has 0 saturated carbocycles. The van der Waals surface area contributed by atoms with Gasteiger partial charge < -0.3 is 10.2 Å². The number of piperidine rings is 1. The van der Waals surface area contributed by atoms with Gasteiger partial charge in [0.2, 0.25) is 0 Å². The number of nitrogens with zero attached hydrogens (tertiary/aromatic N) is 1. The Labute approximate surface area is 123 Å². The van der Waals surface area contributed by atoms with Crippen LogP contribution in [0.3, 0.4) is 0 Å². The van der Waals surface area contributed by atoms with E-state index in [1.54, 1.807) is 0 Å². The summed E-state index contributed by atoms with van der Waals surface area (Å²) in [6.45, 7) is 7.41. The van der Waals surface area contributed by atoms with Gasteiger partial charge in [0.1, 0.15) is 0 Å². The Kier molecular flexibility index (Phi) is 4.74. The van der Waals surface area contributed by atoms with Crippen molar-refractivity contribution in [2.75, 3.05) is 26.2 Å². The van der Waals surface area contributed by atoms with Crippen LogP contribution in [0.2, 0.25) is 0 Å². The van der Waals surface area contributed by atoms with E-state index in [0.29, 0.717) is 5.92 Å². The molecule has 1 aromatic rings. The number of benzene rings is 1. The Bertz CT molecular complexity index is 397. The van der Waals surface area contributed by atoms with Gasteiger partial charge in [0, 0.05) is 19.1 Å². The van der Waals surface area contributed by atoms with Crippen LogP contribution in [0.25, 0.3) is 0 Å². The molecular weight excluding hydrogens is 244 g/mol. The van der Waals surface area contributed by atoms with E-state index in [2.05, 4.69) is 47.5 Å². The zero-order valence-corrected chi connectivity index (χ0v) is 12.7. The van der Waals surface area contributed by atoms with Gasteiger partial charge in [-0.2, -0.15) is 0 Å². The first-order valence-electron chi connectivity index (χ1n) is 8.33. The lowest BCUT2D eigenvalue weighted by Crippen LogP contribution is -2.44. The average molecular weight is 272 g/mol. The molecule has 1 N–H and O–H groups in total. The SMILES string of the molecule is CC(CN1CCCC(C2CCCN2)C1)c1ccccc1. The molecule has 3 rings (SSSR count). The molecule has 2 heterocycles. The summed E-state index contributed by atoms with van der Waals surface area (Å²) in [4.78, 5) is 2.70. The lowest BCUT2D eigenvalue weighted by molar-refractivity contribution is 0.146. The molecule has 2 heteroatoms. The highest BCUT2D eigenvalue weighted by Crippen LogP contribution is 2.26. The van der Waals surface area contributed by atoms with Crippen LogP contribution in [0.5, 0.6) is 0 Å². The monoisotopic (exact) mass is 272 g/mol. The van der Waals surface area contributed by atoms with E-state index in [9.17, 15) is 0 Å². The Balaban J connectivity index is 1.54. The first-order valence-corrected chi connectivity index (χ1v) is 8.33. The van der Waals surface area contributed by atoms with Crippen molar-refractivity contribution in [1.29, 1.82) is 0 Å². The van der Waals surface area contributed by atoms with E-state index in [0.717, 1.165) is 12.0 Å². The Morgan fingerprint density at radius 1 is 1.20 bits per heavy atom. The third-order valence-electron chi connectivity index (χ3n) is 5.11. The molecular formula is C18H28N2. The van der Waals surface area contributed by atoms with E-state index >= 15 is 0 Å². The molecule has 2 aliphatic heterocycles. The van der Waals surface area contributed by atoms with Crippen LogP contribution in [0.15, 0.2) is 30.3 Å². The summed E-state index contributed by atoms with van der Waals surface area (Å²) in [6, 6.07) is 11.8. The standard InChI is InChI=1S/C18H28N2/c1-15(16-7-3-2-4-8-16)13-20-12-6-9-17(14-20)18-10-5-11-19-18/h2-4,7-8,15,17-19H,5-6,9-14H2,1H3. The van der Waals surface area contributed by atoms with Crippen molar-refractivity contribution in [2.45, 2.75) is 44.6 Å². The van der Waals surface area contributed by atoms with Crippen molar-refractivity contribution in [3.8, 4) is 0 Å². The van der Waals surface area contributed by atoms with E-state index in [4.69, 9.17) is 0 Å². The first kappa shape index (κ1) is 14.1. The molecule has 20 heavy (non-hydrogen) atoms. The van der Waals surface area contributed by atoms with Gasteiger partial charge in [0.15, 0.2) is 0 Å². The zero-order chi connectivity index (χ0) is 13.8. The highest BCUT2D eigenvalue weighted by atomic mass is 15.1. The second-order valence-electron chi connectivity index (χ2n) is 6.68. The van der Waals surface area contributed by atoms with Crippen LogP contribution in [0, 0.1) is 5.92 Å². The molecule has 1 aromatic carbocycles. The topological polar surface area (TPSA) is 15.3 Å². The van der Waals surface area contributed by atoms with Gasteiger partial charge in [-0.15, -0.1) is 0 Å². The van der Waals surface area contributed by atoms with E-state index < -0.39 is 0 Å². The van der Waals surface area contributed by atoms with E-state index in [1.807, 2.05) is 0 Å². The average Bonchev–Trinajstić information content (AvgIpc) is 3.03. The molecule has 2 fully saturated rings. The molecule has 0 radical (unpaired) electrons. The molecule has 3 atom stereocenters. The summed E-state index contributed by atoms with van der Waals surface area (Å²) in [6.07, 6.45) is 5.58. The fourth-order valence-electron chi connectivity index (χ4n) is 3.97. The fourth-order valence-corrected chi connectivity index (χ4v) is 3.97. The van der Waals surface area contributed by atoms with Crippen molar-refractivity contribution in [3.05, 3.63) is 35.9 Å². The quantitative estimate of drug-likeness (QED) is 0.905. The van der Waals surface area contributed by atoms with Crippen LogP contribution < -0.4 is 5.32 Å². The van der Waals surface area contributed by atoms with Crippen LogP contribution in [0.1, 0.15) is 44.1 Å². The molecule has 2 saturated heterocycles. The molecule has 2 nitrogen and oxygen atoms in total. The van der Waals surface area contributed by atoms with E-state index in [1.165, 1.54) is 57.4 Å². The van der Waals surface area contributed by atoms with Gasteiger partial charge in [-0.05, 0) is 56.2 Å². The van der Waals surface area contributed by atoms with Crippen molar-refractivity contribution >= 4 is 0 Å². The fraction of sp³-hybridized carbons (Fsp3) is 0.667. The van der Waals surface area contributed by atoms with Crippen LogP contribution in [-0.2, 0) is 0 Å². The Morgan fingerprint density at radius 2 is 2.05 bits per heavy atom. The summed E-state index contributed by atoms with van der Waals surface area (Å²) in [5, 5.41) is 3.71. The normalized spacial score (nSPS) is 29.4. The second-order valence-corrected chi connectivity index (χ2v) is 6.68. The number of hydrogen-bond acceptors (Lipinski definition) is 2. The van der Waals surface area contributed by atoms with Gasteiger partial charge >= 0.3 is 0 Å². The van der Waals surface area contributed by atoms with Gasteiger partial charge in [-0.3, -0.25) is 0 Å². The maximum absolute atomic E-state index is 3.71. The molecule has 0 aliphatic carbocycles. The number of nitrogens with one attached hydrogen (secondary N) is 1. The summed E-state index contributed by atoms with van der Waals surface area (Å²) in [7, 11) is 0. The summed E-state index contributed by atoms with van der Waals surface area (Å²) >= 11 is 0. The van der Waals surface area contributed by atoms with Crippen LogP contribution in [-0.4, -0.2) is 37.1 Å². The van der Waals surface area contributed by atoms with Crippen molar-refractivity contribution < 1.29 is 0 Å². The van der Waals surface area contributed by atoms with Gasteiger partial charge in [0.25, 0.3) is 0 Å². The maximum Gasteiger partial charge on any atom is 0.0108 e. The summed E-state index contributed by atoms with van der Waals surface area (Å²) in [5.41, 5.74) is 1.48. The van der Waals surface area contributed by atoms with Gasteiger partial charge in [0.05, 0.1) is 0 Å². The number of likely N-dealkylation sites (tertiary alicyclic amines) is 1. The largest absolute Gasteiger partial charge is 0.314 e. The lowest BCUT2D eigenvalue weighted by atomic mass is 9.89. The molecule has 0 aromatic heterocycles. The first-order chi connectivity index (χ1) is 9.83. The van der Waals surface area contributed by atoms with Crippen molar-refractivity contribution in [1.82, 2.24) is 10.2 Å². The highest BCUT2D eigenvalue weighted by Gasteiger charge is 2.29. The van der Waals surface area contributed by atoms with Gasteiger partial charge in [-0.25, -0.2) is 0 Å². The molecule has 2 aliphatic rings. The van der Waals surface area contributed by atoms with Crippen LogP contribution >= 0.6 is 0 Å². The lowest BCUT2D eigenvalue weighted by Gasteiger charge is -2.37. The third kappa shape index (κ3) is 3.42. The summed E-state index contributed by atoms with van der Waals surface area (Å²) < 4.78 is 0. The maximum atomic E-state index is 3.71. The predicted octanol–water partition coefficient (Wildman–Crippen LogP) is 3.25. The molecule has 0 bridgehead atoms. The number of rotatable bonds is 4. The van der Waals surface area contributed by atoms with Crippen LogP contribution in [0.4, 0.5) is 0 Å².